The van der Waals surface area contributed by atoms with E-state index in [0.29, 0.717) is 17.3 Å². The van der Waals surface area contributed by atoms with Crippen LogP contribution in [-0.2, 0) is 10.0 Å². The Kier molecular flexibility index (Phi) is 6.34. The van der Waals surface area contributed by atoms with E-state index in [-0.39, 0.29) is 10.8 Å². The fraction of sp³-hybridized carbons (Fsp3) is 0.458. The molecule has 1 amide bonds. The summed E-state index contributed by atoms with van der Waals surface area (Å²) in [5.74, 6) is -0.0789. The van der Waals surface area contributed by atoms with Crippen molar-refractivity contribution in [1.29, 1.82) is 0 Å². The Morgan fingerprint density at radius 3 is 2.23 bits per heavy atom. The first kappa shape index (κ1) is 21.8. The van der Waals surface area contributed by atoms with E-state index in [2.05, 4.69) is 9.62 Å². The third kappa shape index (κ3) is 4.93. The van der Waals surface area contributed by atoms with Crippen LogP contribution in [-0.4, -0.2) is 56.3 Å². The van der Waals surface area contributed by atoms with Gasteiger partial charge in [0, 0.05) is 30.4 Å². The summed E-state index contributed by atoms with van der Waals surface area (Å²) in [5, 5.41) is 0. The number of carbonyl (C=O) groups is 1. The van der Waals surface area contributed by atoms with Crippen molar-refractivity contribution in [3.8, 4) is 0 Å². The molecule has 4 rings (SSSR count). The first-order chi connectivity index (χ1) is 14.8. The van der Waals surface area contributed by atoms with Crippen LogP contribution in [0.3, 0.4) is 0 Å². The van der Waals surface area contributed by atoms with Crippen LogP contribution in [0.2, 0.25) is 0 Å². The molecule has 0 saturated carbocycles. The van der Waals surface area contributed by atoms with Gasteiger partial charge in [-0.3, -0.25) is 9.52 Å². The van der Waals surface area contributed by atoms with Crippen LogP contribution in [0.4, 0.5) is 5.69 Å². The van der Waals surface area contributed by atoms with Crippen molar-refractivity contribution >= 4 is 21.6 Å². The highest BCUT2D eigenvalue weighted by atomic mass is 32.2. The Morgan fingerprint density at radius 2 is 1.58 bits per heavy atom. The molecule has 0 atom stereocenters. The number of benzene rings is 2. The Hall–Kier alpha value is -2.38. The molecule has 2 aliphatic heterocycles. The summed E-state index contributed by atoms with van der Waals surface area (Å²) >= 11 is 0. The molecule has 2 heterocycles. The predicted molar refractivity (Wildman–Crippen MR) is 123 cm³/mol. The van der Waals surface area contributed by atoms with Crippen LogP contribution in [0.25, 0.3) is 0 Å². The molecule has 1 N–H and O–H groups in total. The number of carbonyl (C=O) groups excluding carboxylic acids is 1. The van der Waals surface area contributed by atoms with Gasteiger partial charge in [0.05, 0.1) is 4.90 Å². The molecular formula is C24H31N3O3S. The summed E-state index contributed by atoms with van der Waals surface area (Å²) in [7, 11) is -3.78. The third-order valence-corrected chi connectivity index (χ3v) is 7.84. The van der Waals surface area contributed by atoms with Crippen molar-refractivity contribution in [3.05, 3.63) is 59.2 Å². The minimum Gasteiger partial charge on any atom is -0.339 e. The van der Waals surface area contributed by atoms with Crippen LogP contribution >= 0.6 is 0 Å². The monoisotopic (exact) mass is 441 g/mol. The minimum atomic E-state index is -3.78. The van der Waals surface area contributed by atoms with Crippen LogP contribution in [0.15, 0.2) is 47.4 Å². The second-order valence-electron chi connectivity index (χ2n) is 8.71. The van der Waals surface area contributed by atoms with Crippen molar-refractivity contribution in [1.82, 2.24) is 9.80 Å². The van der Waals surface area contributed by atoms with Crippen LogP contribution in [0.5, 0.6) is 0 Å². The van der Waals surface area contributed by atoms with Crippen molar-refractivity contribution in [2.75, 3.05) is 30.9 Å². The number of hydrogen-bond donors (Lipinski definition) is 1. The lowest BCUT2D eigenvalue weighted by Gasteiger charge is -2.36. The number of likely N-dealkylation sites (tertiary alicyclic amines) is 2. The quantitative estimate of drug-likeness (QED) is 0.766. The van der Waals surface area contributed by atoms with Gasteiger partial charge < -0.3 is 9.80 Å². The molecule has 2 aromatic carbocycles. The van der Waals surface area contributed by atoms with E-state index >= 15 is 0 Å². The average molecular weight is 442 g/mol. The van der Waals surface area contributed by atoms with Gasteiger partial charge in [0.15, 0.2) is 0 Å². The number of hydrogen-bond acceptors (Lipinski definition) is 4. The van der Waals surface area contributed by atoms with Gasteiger partial charge in [-0.2, -0.15) is 0 Å². The van der Waals surface area contributed by atoms with E-state index in [4.69, 9.17) is 0 Å². The number of aryl methyl sites for hydroxylation is 2. The van der Waals surface area contributed by atoms with Gasteiger partial charge in [0.1, 0.15) is 0 Å². The molecule has 6 nitrogen and oxygen atoms in total. The highest BCUT2D eigenvalue weighted by Gasteiger charge is 2.29. The second-order valence-corrected chi connectivity index (χ2v) is 10.4. The first-order valence-electron chi connectivity index (χ1n) is 11.1. The summed E-state index contributed by atoms with van der Waals surface area (Å²) < 4.78 is 28.4. The van der Waals surface area contributed by atoms with Crippen molar-refractivity contribution in [3.63, 3.8) is 0 Å². The first-order valence-corrected chi connectivity index (χ1v) is 12.6. The summed E-state index contributed by atoms with van der Waals surface area (Å²) in [6.07, 6.45) is 4.52. The van der Waals surface area contributed by atoms with Gasteiger partial charge in [-0.25, -0.2) is 8.42 Å². The number of nitrogens with zero attached hydrogens (tertiary/aromatic N) is 2. The zero-order valence-corrected chi connectivity index (χ0v) is 19.1. The lowest BCUT2D eigenvalue weighted by atomic mass is 10.0. The van der Waals surface area contributed by atoms with E-state index in [0.717, 1.165) is 37.1 Å². The third-order valence-electron chi connectivity index (χ3n) is 6.46. The predicted octanol–water partition coefficient (Wildman–Crippen LogP) is 3.80. The van der Waals surface area contributed by atoms with E-state index in [1.807, 2.05) is 30.9 Å². The lowest BCUT2D eigenvalue weighted by Crippen LogP contribution is -2.46. The van der Waals surface area contributed by atoms with Crippen molar-refractivity contribution in [2.24, 2.45) is 0 Å². The number of amides is 1. The summed E-state index contributed by atoms with van der Waals surface area (Å²) in [5.41, 5.74) is 2.81. The smallest absolute Gasteiger partial charge is 0.261 e. The molecule has 2 aliphatic rings. The highest BCUT2D eigenvalue weighted by molar-refractivity contribution is 7.92. The van der Waals surface area contributed by atoms with Gasteiger partial charge in [0.2, 0.25) is 0 Å². The molecule has 0 unspecified atom stereocenters. The fourth-order valence-electron chi connectivity index (χ4n) is 4.55. The Bertz CT molecular complexity index is 1040. The number of nitrogens with one attached hydrogen (secondary N) is 1. The van der Waals surface area contributed by atoms with Crippen LogP contribution < -0.4 is 4.72 Å². The maximum absolute atomic E-state index is 13.2. The number of anilines is 1. The highest BCUT2D eigenvalue weighted by Crippen LogP contribution is 2.25. The number of sulfonamides is 1. The molecule has 0 aromatic heterocycles. The molecule has 0 radical (unpaired) electrons. The molecule has 31 heavy (non-hydrogen) atoms. The SMILES string of the molecule is Cc1ccc(NS(=O)(=O)c2ccc(C)c(C(=O)N3CCC(N4CCCC4)CC3)c2)cc1. The zero-order chi connectivity index (χ0) is 22.0. The van der Waals surface area contributed by atoms with Crippen LogP contribution in [0, 0.1) is 13.8 Å². The molecule has 7 heteroatoms. The van der Waals surface area contributed by atoms with E-state index < -0.39 is 10.0 Å². The standard InChI is InChI=1S/C24H31N3O3S/c1-18-5-8-20(9-6-18)25-31(29,30)22-10-7-19(2)23(17-22)24(28)27-15-11-21(12-16-27)26-13-3-4-14-26/h5-10,17,21,25H,3-4,11-16H2,1-2H3. The minimum absolute atomic E-state index is 0.0789. The maximum atomic E-state index is 13.2. The Morgan fingerprint density at radius 1 is 0.935 bits per heavy atom. The van der Waals surface area contributed by atoms with Crippen molar-refractivity contribution in [2.45, 2.75) is 50.5 Å². The summed E-state index contributed by atoms with van der Waals surface area (Å²) in [4.78, 5) is 17.8. The Balaban J connectivity index is 1.48. The van der Waals surface area contributed by atoms with Gasteiger partial charge >= 0.3 is 0 Å². The van der Waals surface area contributed by atoms with Gasteiger partial charge in [0.25, 0.3) is 15.9 Å². The summed E-state index contributed by atoms with van der Waals surface area (Å²) in [6, 6.07) is 12.5. The van der Waals surface area contributed by atoms with Gasteiger partial charge in [-0.15, -0.1) is 0 Å². The molecule has 2 saturated heterocycles. The lowest BCUT2D eigenvalue weighted by molar-refractivity contribution is 0.0643. The normalized spacial score (nSPS) is 18.3. The largest absolute Gasteiger partial charge is 0.339 e. The molecule has 2 aromatic rings. The number of rotatable bonds is 5. The molecule has 0 aliphatic carbocycles. The number of piperidine rings is 1. The molecule has 166 valence electrons. The molecule has 0 bridgehead atoms. The zero-order valence-electron chi connectivity index (χ0n) is 18.3. The topological polar surface area (TPSA) is 69.7 Å². The second kappa shape index (κ2) is 9.01. The molecule has 2 fully saturated rings. The van der Waals surface area contributed by atoms with Crippen LogP contribution in [0.1, 0.15) is 47.2 Å². The summed E-state index contributed by atoms with van der Waals surface area (Å²) in [6.45, 7) is 7.59. The average Bonchev–Trinajstić information content (AvgIpc) is 3.30. The van der Waals surface area contributed by atoms with E-state index in [1.54, 1.807) is 24.3 Å². The molecule has 0 spiro atoms. The van der Waals surface area contributed by atoms with Gasteiger partial charge in [-0.05, 0) is 82.4 Å². The molecular weight excluding hydrogens is 410 g/mol. The van der Waals surface area contributed by atoms with Gasteiger partial charge in [-0.1, -0.05) is 23.8 Å². The maximum Gasteiger partial charge on any atom is 0.261 e. The fourth-order valence-corrected chi connectivity index (χ4v) is 5.63. The van der Waals surface area contributed by atoms with E-state index in [9.17, 15) is 13.2 Å². The van der Waals surface area contributed by atoms with Crippen molar-refractivity contribution < 1.29 is 13.2 Å². The Labute approximate surface area is 185 Å². The van der Waals surface area contributed by atoms with E-state index in [1.165, 1.54) is 32.0 Å².